The standard InChI is InChI=1S/C15H23ClN2O.ClH/c1-3-15(4-2,11-18-14(19)9-10-17)12-5-7-13(16)8-6-12;/h5-8H,3-4,9-11,17H2,1-2H3,(H,18,19);1H. The van der Waals surface area contributed by atoms with E-state index in [0.717, 1.165) is 17.9 Å². The Morgan fingerprint density at radius 2 is 1.80 bits per heavy atom. The maximum absolute atomic E-state index is 11.6. The highest BCUT2D eigenvalue weighted by atomic mass is 35.5. The molecule has 0 aliphatic rings. The van der Waals surface area contributed by atoms with E-state index in [4.69, 9.17) is 17.3 Å². The van der Waals surface area contributed by atoms with Crippen LogP contribution in [0.2, 0.25) is 5.02 Å². The Labute approximate surface area is 132 Å². The number of amides is 1. The number of nitrogens with one attached hydrogen (secondary N) is 1. The van der Waals surface area contributed by atoms with E-state index in [1.54, 1.807) is 0 Å². The van der Waals surface area contributed by atoms with E-state index < -0.39 is 0 Å². The van der Waals surface area contributed by atoms with Crippen molar-refractivity contribution in [2.24, 2.45) is 5.73 Å². The smallest absolute Gasteiger partial charge is 0.221 e. The van der Waals surface area contributed by atoms with Gasteiger partial charge in [0.25, 0.3) is 0 Å². The maximum atomic E-state index is 11.6. The van der Waals surface area contributed by atoms with Gasteiger partial charge in [-0.3, -0.25) is 4.79 Å². The molecule has 0 saturated carbocycles. The molecular formula is C15H24Cl2N2O. The van der Waals surface area contributed by atoms with Crippen molar-refractivity contribution >= 4 is 29.9 Å². The molecule has 0 aliphatic carbocycles. The van der Waals surface area contributed by atoms with Crippen LogP contribution in [-0.2, 0) is 10.2 Å². The van der Waals surface area contributed by atoms with Gasteiger partial charge in [-0.25, -0.2) is 0 Å². The molecule has 3 nitrogen and oxygen atoms in total. The Bertz CT molecular complexity index is 403. The Hall–Kier alpha value is -0.770. The normalized spacial score (nSPS) is 10.8. The van der Waals surface area contributed by atoms with Crippen molar-refractivity contribution in [3.8, 4) is 0 Å². The zero-order valence-corrected chi connectivity index (χ0v) is 13.7. The lowest BCUT2D eigenvalue weighted by Gasteiger charge is -2.32. The molecule has 0 bridgehead atoms. The molecular weight excluding hydrogens is 295 g/mol. The third-order valence-corrected chi connectivity index (χ3v) is 4.06. The summed E-state index contributed by atoms with van der Waals surface area (Å²) in [5.41, 5.74) is 6.57. The van der Waals surface area contributed by atoms with Gasteiger partial charge in [0.05, 0.1) is 0 Å². The Morgan fingerprint density at radius 3 is 2.25 bits per heavy atom. The molecule has 1 aromatic rings. The highest BCUT2D eigenvalue weighted by Gasteiger charge is 2.28. The largest absolute Gasteiger partial charge is 0.355 e. The van der Waals surface area contributed by atoms with Crippen molar-refractivity contribution in [3.63, 3.8) is 0 Å². The number of rotatable bonds is 7. The zero-order chi connectivity index (χ0) is 14.3. The summed E-state index contributed by atoms with van der Waals surface area (Å²) in [5.74, 6) is 0.0164. The molecule has 0 fully saturated rings. The quantitative estimate of drug-likeness (QED) is 0.810. The number of halogens is 2. The monoisotopic (exact) mass is 318 g/mol. The first kappa shape index (κ1) is 19.2. The summed E-state index contributed by atoms with van der Waals surface area (Å²) < 4.78 is 0. The third kappa shape index (κ3) is 4.97. The highest BCUT2D eigenvalue weighted by molar-refractivity contribution is 6.30. The zero-order valence-electron chi connectivity index (χ0n) is 12.1. The number of carbonyl (C=O) groups excluding carboxylic acids is 1. The molecule has 3 N–H and O–H groups in total. The average molecular weight is 319 g/mol. The summed E-state index contributed by atoms with van der Waals surface area (Å²) in [5, 5.41) is 3.72. The van der Waals surface area contributed by atoms with Gasteiger partial charge in [-0.1, -0.05) is 37.6 Å². The number of benzene rings is 1. The van der Waals surface area contributed by atoms with Gasteiger partial charge < -0.3 is 11.1 Å². The Balaban J connectivity index is 0.00000361. The van der Waals surface area contributed by atoms with E-state index in [2.05, 4.69) is 19.2 Å². The number of carbonyl (C=O) groups is 1. The second-order valence-corrected chi connectivity index (χ2v) is 5.25. The lowest BCUT2D eigenvalue weighted by atomic mass is 9.76. The van der Waals surface area contributed by atoms with Crippen LogP contribution >= 0.6 is 24.0 Å². The Morgan fingerprint density at radius 1 is 1.25 bits per heavy atom. The minimum absolute atomic E-state index is 0. The van der Waals surface area contributed by atoms with Crippen molar-refractivity contribution in [1.82, 2.24) is 5.32 Å². The first-order valence-corrected chi connectivity index (χ1v) is 7.18. The van der Waals surface area contributed by atoms with Gasteiger partial charge in [-0.05, 0) is 30.5 Å². The first-order valence-electron chi connectivity index (χ1n) is 6.80. The minimum atomic E-state index is -0.0329. The average Bonchev–Trinajstić information content (AvgIpc) is 2.42. The fourth-order valence-corrected chi connectivity index (χ4v) is 2.43. The van der Waals surface area contributed by atoms with E-state index in [9.17, 15) is 4.79 Å². The molecule has 0 atom stereocenters. The first-order chi connectivity index (χ1) is 9.07. The predicted molar refractivity (Wildman–Crippen MR) is 87.6 cm³/mol. The lowest BCUT2D eigenvalue weighted by Crippen LogP contribution is -2.40. The van der Waals surface area contributed by atoms with Gasteiger partial charge in [0.15, 0.2) is 0 Å². The van der Waals surface area contributed by atoms with Crippen LogP contribution in [0.1, 0.15) is 38.7 Å². The van der Waals surface area contributed by atoms with Crippen molar-refractivity contribution in [2.45, 2.75) is 38.5 Å². The van der Waals surface area contributed by atoms with Gasteiger partial charge >= 0.3 is 0 Å². The van der Waals surface area contributed by atoms with Gasteiger partial charge in [0.2, 0.25) is 5.91 Å². The number of hydrogen-bond donors (Lipinski definition) is 2. The fourth-order valence-electron chi connectivity index (χ4n) is 2.30. The van der Waals surface area contributed by atoms with Crippen molar-refractivity contribution in [2.75, 3.05) is 13.1 Å². The van der Waals surface area contributed by atoms with Crippen LogP contribution in [0, 0.1) is 0 Å². The molecule has 1 aromatic carbocycles. The summed E-state index contributed by atoms with van der Waals surface area (Å²) >= 11 is 5.93. The van der Waals surface area contributed by atoms with Crippen LogP contribution in [0.25, 0.3) is 0 Å². The fraction of sp³-hybridized carbons (Fsp3) is 0.533. The minimum Gasteiger partial charge on any atom is -0.355 e. The number of hydrogen-bond acceptors (Lipinski definition) is 2. The second-order valence-electron chi connectivity index (χ2n) is 4.81. The summed E-state index contributed by atoms with van der Waals surface area (Å²) in [6, 6.07) is 7.90. The van der Waals surface area contributed by atoms with E-state index in [1.165, 1.54) is 5.56 Å². The van der Waals surface area contributed by atoms with E-state index in [1.807, 2.05) is 24.3 Å². The molecule has 5 heteroatoms. The Kier molecular flexibility index (Phi) is 8.86. The van der Waals surface area contributed by atoms with Gasteiger partial charge in [-0.15, -0.1) is 12.4 Å². The molecule has 20 heavy (non-hydrogen) atoms. The van der Waals surface area contributed by atoms with Crippen molar-refractivity contribution < 1.29 is 4.79 Å². The topological polar surface area (TPSA) is 55.1 Å². The van der Waals surface area contributed by atoms with Crippen LogP contribution in [0.3, 0.4) is 0 Å². The SMILES string of the molecule is CCC(CC)(CNC(=O)CCN)c1ccc(Cl)cc1.Cl. The van der Waals surface area contributed by atoms with Gasteiger partial charge in [-0.2, -0.15) is 0 Å². The summed E-state index contributed by atoms with van der Waals surface area (Å²) in [7, 11) is 0. The number of nitrogens with two attached hydrogens (primary N) is 1. The molecule has 0 heterocycles. The van der Waals surface area contributed by atoms with Crippen molar-refractivity contribution in [1.29, 1.82) is 0 Å². The lowest BCUT2D eigenvalue weighted by molar-refractivity contribution is -0.121. The van der Waals surface area contributed by atoms with Crippen LogP contribution in [0.4, 0.5) is 0 Å². The predicted octanol–water partition coefficient (Wildman–Crippen LogP) is 3.28. The van der Waals surface area contributed by atoms with Crippen LogP contribution < -0.4 is 11.1 Å². The van der Waals surface area contributed by atoms with E-state index in [0.29, 0.717) is 19.5 Å². The van der Waals surface area contributed by atoms with Crippen LogP contribution in [0.15, 0.2) is 24.3 Å². The molecule has 0 saturated heterocycles. The van der Waals surface area contributed by atoms with Gasteiger partial charge in [0.1, 0.15) is 0 Å². The second kappa shape index (κ2) is 9.22. The summed E-state index contributed by atoms with van der Waals surface area (Å²) in [4.78, 5) is 11.6. The molecule has 0 radical (unpaired) electrons. The molecule has 114 valence electrons. The van der Waals surface area contributed by atoms with E-state index in [-0.39, 0.29) is 23.7 Å². The molecule has 0 spiro atoms. The summed E-state index contributed by atoms with van der Waals surface area (Å²) in [6.45, 7) is 5.32. The van der Waals surface area contributed by atoms with Crippen molar-refractivity contribution in [3.05, 3.63) is 34.9 Å². The van der Waals surface area contributed by atoms with Gasteiger partial charge in [0, 0.05) is 29.9 Å². The molecule has 1 rings (SSSR count). The molecule has 0 aromatic heterocycles. The highest BCUT2D eigenvalue weighted by Crippen LogP contribution is 2.31. The van der Waals surface area contributed by atoms with Crippen LogP contribution in [0.5, 0.6) is 0 Å². The van der Waals surface area contributed by atoms with E-state index >= 15 is 0 Å². The third-order valence-electron chi connectivity index (χ3n) is 3.81. The van der Waals surface area contributed by atoms with Crippen LogP contribution in [-0.4, -0.2) is 19.0 Å². The summed E-state index contributed by atoms with van der Waals surface area (Å²) in [6.07, 6.45) is 2.31. The molecule has 0 aliphatic heterocycles. The molecule has 0 unspecified atom stereocenters. The maximum Gasteiger partial charge on any atom is 0.221 e. The molecule has 1 amide bonds.